The summed E-state index contributed by atoms with van der Waals surface area (Å²) in [5, 5.41) is 7.72. The van der Waals surface area contributed by atoms with E-state index < -0.39 is 0 Å². The van der Waals surface area contributed by atoms with E-state index in [1.54, 1.807) is 19.2 Å². The van der Waals surface area contributed by atoms with Gasteiger partial charge in [-0.25, -0.2) is 9.97 Å². The quantitative estimate of drug-likeness (QED) is 0.712. The number of rotatable bonds is 4. The van der Waals surface area contributed by atoms with E-state index in [0.29, 0.717) is 41.5 Å². The first-order chi connectivity index (χ1) is 10.3. The van der Waals surface area contributed by atoms with Gasteiger partial charge in [-0.3, -0.25) is 0 Å². The second-order valence-electron chi connectivity index (χ2n) is 5.00. The third-order valence-corrected chi connectivity index (χ3v) is 3.19. The zero-order valence-electron chi connectivity index (χ0n) is 11.4. The molecule has 0 amide bonds. The first kappa shape index (κ1) is 12.1. The van der Waals surface area contributed by atoms with Crippen molar-refractivity contribution in [3.05, 3.63) is 35.6 Å². The zero-order chi connectivity index (χ0) is 14.2. The zero-order valence-corrected chi connectivity index (χ0v) is 11.4. The number of hydrogen-bond donors (Lipinski definition) is 0. The van der Waals surface area contributed by atoms with Crippen LogP contribution in [0.15, 0.2) is 21.3 Å². The molecule has 0 aliphatic heterocycles. The van der Waals surface area contributed by atoms with Gasteiger partial charge in [0.05, 0.1) is 6.42 Å². The van der Waals surface area contributed by atoms with E-state index in [-0.39, 0.29) is 0 Å². The Morgan fingerprint density at radius 3 is 2.67 bits per heavy atom. The van der Waals surface area contributed by atoms with Gasteiger partial charge in [0.2, 0.25) is 5.89 Å². The molecule has 0 bridgehead atoms. The number of hydrogen-bond acceptors (Lipinski definition) is 8. The van der Waals surface area contributed by atoms with E-state index in [4.69, 9.17) is 9.05 Å². The molecular formula is C13H12N6O2. The van der Waals surface area contributed by atoms with Gasteiger partial charge in [-0.1, -0.05) is 10.3 Å². The molecule has 0 unspecified atom stereocenters. The molecule has 3 aromatic heterocycles. The van der Waals surface area contributed by atoms with Crippen molar-refractivity contribution < 1.29 is 9.05 Å². The molecule has 1 saturated carbocycles. The highest BCUT2D eigenvalue weighted by Gasteiger charge is 2.27. The van der Waals surface area contributed by atoms with Crippen molar-refractivity contribution in [2.45, 2.75) is 32.1 Å². The van der Waals surface area contributed by atoms with Crippen LogP contribution in [0.2, 0.25) is 0 Å². The van der Waals surface area contributed by atoms with Crippen LogP contribution in [-0.2, 0) is 6.42 Å². The van der Waals surface area contributed by atoms with Crippen LogP contribution in [0.4, 0.5) is 0 Å². The van der Waals surface area contributed by atoms with Crippen molar-refractivity contribution in [2.75, 3.05) is 0 Å². The van der Waals surface area contributed by atoms with E-state index in [2.05, 4.69) is 30.2 Å². The van der Waals surface area contributed by atoms with E-state index in [1.165, 1.54) is 0 Å². The summed E-state index contributed by atoms with van der Waals surface area (Å²) in [5.74, 6) is 3.25. The lowest BCUT2D eigenvalue weighted by molar-refractivity contribution is 0.387. The van der Waals surface area contributed by atoms with E-state index in [9.17, 15) is 0 Å². The molecular weight excluding hydrogens is 272 g/mol. The monoisotopic (exact) mass is 284 g/mol. The lowest BCUT2D eigenvalue weighted by atomic mass is 10.3. The van der Waals surface area contributed by atoms with E-state index in [1.807, 2.05) is 0 Å². The van der Waals surface area contributed by atoms with Crippen LogP contribution in [0.25, 0.3) is 11.6 Å². The van der Waals surface area contributed by atoms with Crippen LogP contribution in [0, 0.1) is 6.92 Å². The Hall–Kier alpha value is -2.64. The minimum absolute atomic E-state index is 0.363. The van der Waals surface area contributed by atoms with Gasteiger partial charge < -0.3 is 9.05 Å². The third kappa shape index (κ3) is 2.51. The maximum absolute atomic E-state index is 5.25. The Bertz CT molecular complexity index is 776. The van der Waals surface area contributed by atoms with Crippen LogP contribution in [0.3, 0.4) is 0 Å². The summed E-state index contributed by atoms with van der Waals surface area (Å²) < 4.78 is 10.2. The maximum atomic E-state index is 5.25. The molecule has 0 saturated heterocycles. The highest BCUT2D eigenvalue weighted by atomic mass is 16.5. The van der Waals surface area contributed by atoms with Crippen molar-refractivity contribution in [3.63, 3.8) is 0 Å². The summed E-state index contributed by atoms with van der Waals surface area (Å²) in [6, 6.07) is 1.77. The van der Waals surface area contributed by atoms with Crippen LogP contribution >= 0.6 is 0 Å². The molecule has 0 aromatic carbocycles. The van der Waals surface area contributed by atoms with Crippen molar-refractivity contribution in [3.8, 4) is 11.6 Å². The topological polar surface area (TPSA) is 104 Å². The molecule has 1 aliphatic carbocycles. The first-order valence-corrected chi connectivity index (χ1v) is 6.73. The lowest BCUT2D eigenvalue weighted by Crippen LogP contribution is -1.95. The molecule has 8 nitrogen and oxygen atoms in total. The highest BCUT2D eigenvalue weighted by Crippen LogP contribution is 2.38. The normalized spacial score (nSPS) is 14.5. The molecule has 106 valence electrons. The van der Waals surface area contributed by atoms with Crippen LogP contribution < -0.4 is 0 Å². The molecule has 4 rings (SSSR count). The fourth-order valence-electron chi connectivity index (χ4n) is 2.02. The minimum Gasteiger partial charge on any atom is -0.340 e. The summed E-state index contributed by atoms with van der Waals surface area (Å²) in [6.07, 6.45) is 4.38. The average molecular weight is 284 g/mol. The van der Waals surface area contributed by atoms with Gasteiger partial charge in [-0.2, -0.15) is 9.97 Å². The summed E-state index contributed by atoms with van der Waals surface area (Å²) in [7, 11) is 0. The standard InChI is InChI=1S/C13H12N6O2/c1-7-15-10(18-20-7)6-11-17-13(21-19-11)9-4-5-14-12(16-9)8-2-3-8/h4-5,8H,2-3,6H2,1H3. The molecule has 21 heavy (non-hydrogen) atoms. The van der Waals surface area contributed by atoms with Crippen molar-refractivity contribution in [1.29, 1.82) is 0 Å². The molecule has 0 spiro atoms. The number of nitrogens with zero attached hydrogens (tertiary/aromatic N) is 6. The Morgan fingerprint density at radius 1 is 1.10 bits per heavy atom. The highest BCUT2D eigenvalue weighted by molar-refractivity contribution is 5.45. The maximum Gasteiger partial charge on any atom is 0.276 e. The molecule has 8 heteroatoms. The van der Waals surface area contributed by atoms with E-state index >= 15 is 0 Å². The Balaban J connectivity index is 1.57. The fourth-order valence-corrected chi connectivity index (χ4v) is 2.02. The molecule has 0 atom stereocenters. The average Bonchev–Trinajstić information content (AvgIpc) is 3.12. The predicted molar refractivity (Wildman–Crippen MR) is 69.1 cm³/mol. The Labute approximate surface area is 119 Å². The predicted octanol–water partition coefficient (Wildman–Crippen LogP) is 1.69. The third-order valence-electron chi connectivity index (χ3n) is 3.19. The van der Waals surface area contributed by atoms with Crippen molar-refractivity contribution in [1.82, 2.24) is 30.2 Å². The molecule has 0 N–H and O–H groups in total. The second kappa shape index (κ2) is 4.72. The van der Waals surface area contributed by atoms with Crippen molar-refractivity contribution >= 4 is 0 Å². The van der Waals surface area contributed by atoms with Gasteiger partial charge in [0.25, 0.3) is 5.89 Å². The Morgan fingerprint density at radius 2 is 1.90 bits per heavy atom. The molecule has 0 radical (unpaired) electrons. The van der Waals surface area contributed by atoms with Gasteiger partial charge in [0.15, 0.2) is 11.6 Å². The summed E-state index contributed by atoms with van der Waals surface area (Å²) in [5.41, 5.74) is 0.648. The second-order valence-corrected chi connectivity index (χ2v) is 5.00. The number of aromatic nitrogens is 6. The lowest BCUT2D eigenvalue weighted by Gasteiger charge is -1.97. The first-order valence-electron chi connectivity index (χ1n) is 6.73. The van der Waals surface area contributed by atoms with Crippen LogP contribution in [0.5, 0.6) is 0 Å². The van der Waals surface area contributed by atoms with Crippen molar-refractivity contribution in [2.24, 2.45) is 0 Å². The molecule has 3 aromatic rings. The van der Waals surface area contributed by atoms with E-state index in [0.717, 1.165) is 18.7 Å². The molecule has 3 heterocycles. The fraction of sp³-hybridized carbons (Fsp3) is 0.385. The smallest absolute Gasteiger partial charge is 0.276 e. The van der Waals surface area contributed by atoms with Gasteiger partial charge in [-0.15, -0.1) is 0 Å². The van der Waals surface area contributed by atoms with Gasteiger partial charge in [-0.05, 0) is 18.9 Å². The molecule has 1 fully saturated rings. The van der Waals surface area contributed by atoms with Gasteiger partial charge in [0.1, 0.15) is 11.5 Å². The van der Waals surface area contributed by atoms with Gasteiger partial charge >= 0.3 is 0 Å². The number of aryl methyl sites for hydroxylation is 1. The minimum atomic E-state index is 0.363. The largest absolute Gasteiger partial charge is 0.340 e. The summed E-state index contributed by atoms with van der Waals surface area (Å²) in [4.78, 5) is 17.2. The summed E-state index contributed by atoms with van der Waals surface area (Å²) in [6.45, 7) is 1.73. The SMILES string of the molecule is Cc1nc(Cc2noc(-c3ccnc(C4CC4)n3)n2)no1. The Kier molecular flexibility index (Phi) is 2.73. The molecule has 1 aliphatic rings. The summed E-state index contributed by atoms with van der Waals surface area (Å²) >= 11 is 0. The van der Waals surface area contributed by atoms with Gasteiger partial charge in [0, 0.05) is 19.0 Å². The van der Waals surface area contributed by atoms with Crippen LogP contribution in [-0.4, -0.2) is 30.2 Å². The van der Waals surface area contributed by atoms with Crippen LogP contribution in [0.1, 0.15) is 42.1 Å².